The highest BCUT2D eigenvalue weighted by Gasteiger charge is 2.27. The fraction of sp³-hybridized carbons (Fsp3) is 0.556. The molecule has 0 heterocycles. The van der Waals surface area contributed by atoms with E-state index in [4.69, 9.17) is 0 Å². The molecule has 126 valence electrons. The van der Waals surface area contributed by atoms with Gasteiger partial charge in [0.25, 0.3) is 5.91 Å². The van der Waals surface area contributed by atoms with Crippen LogP contribution in [0.3, 0.4) is 0 Å². The third-order valence-electron chi connectivity index (χ3n) is 4.80. The van der Waals surface area contributed by atoms with Crippen LogP contribution in [-0.2, 0) is 4.79 Å². The molecule has 5 heteroatoms. The van der Waals surface area contributed by atoms with E-state index in [0.717, 1.165) is 10.9 Å². The van der Waals surface area contributed by atoms with Gasteiger partial charge in [-0.1, -0.05) is 42.6 Å². The number of amides is 2. The van der Waals surface area contributed by atoms with Crippen molar-refractivity contribution in [3.8, 4) is 0 Å². The standard InChI is InChI=1S/C18H25BrN2O2/c1-12-4-3-5-16(13(12)2)21-17(22)10-11-20-18(23)14-6-8-15(19)9-7-14/h6-9,12-13,16H,3-5,10-11H2,1-2H3,(H,20,23)(H,21,22)/t12-,13+,16+/m1/s1. The van der Waals surface area contributed by atoms with E-state index in [9.17, 15) is 9.59 Å². The Balaban J connectivity index is 1.72. The molecule has 0 radical (unpaired) electrons. The summed E-state index contributed by atoms with van der Waals surface area (Å²) in [5, 5.41) is 5.92. The van der Waals surface area contributed by atoms with E-state index in [1.807, 2.05) is 12.1 Å². The molecule has 1 fully saturated rings. The predicted octanol–water partition coefficient (Wildman–Crippen LogP) is 3.51. The van der Waals surface area contributed by atoms with E-state index < -0.39 is 0 Å². The van der Waals surface area contributed by atoms with Crippen molar-refractivity contribution in [1.29, 1.82) is 0 Å². The highest BCUT2D eigenvalue weighted by atomic mass is 79.9. The van der Waals surface area contributed by atoms with Crippen molar-refractivity contribution in [2.45, 2.75) is 45.6 Å². The maximum atomic E-state index is 12.1. The number of nitrogens with one attached hydrogen (secondary N) is 2. The molecule has 0 aliphatic heterocycles. The van der Waals surface area contributed by atoms with Gasteiger partial charge < -0.3 is 10.6 Å². The van der Waals surface area contributed by atoms with Gasteiger partial charge in [-0.15, -0.1) is 0 Å². The lowest BCUT2D eigenvalue weighted by atomic mass is 9.78. The van der Waals surface area contributed by atoms with Crippen LogP contribution in [0, 0.1) is 11.8 Å². The molecule has 2 amide bonds. The lowest BCUT2D eigenvalue weighted by Crippen LogP contribution is -2.44. The van der Waals surface area contributed by atoms with Gasteiger partial charge in [-0.3, -0.25) is 9.59 Å². The molecule has 3 atom stereocenters. The third-order valence-corrected chi connectivity index (χ3v) is 5.33. The van der Waals surface area contributed by atoms with Crippen LogP contribution in [0.5, 0.6) is 0 Å². The van der Waals surface area contributed by atoms with Gasteiger partial charge in [0.15, 0.2) is 0 Å². The molecule has 0 unspecified atom stereocenters. The Bertz CT molecular complexity index is 544. The Morgan fingerprint density at radius 3 is 2.57 bits per heavy atom. The first-order chi connectivity index (χ1) is 11.0. The summed E-state index contributed by atoms with van der Waals surface area (Å²) in [5.74, 6) is 1.05. The third kappa shape index (κ3) is 5.34. The molecule has 4 nitrogen and oxygen atoms in total. The van der Waals surface area contributed by atoms with E-state index in [2.05, 4.69) is 40.4 Å². The summed E-state index contributed by atoms with van der Waals surface area (Å²) >= 11 is 3.34. The number of rotatable bonds is 5. The summed E-state index contributed by atoms with van der Waals surface area (Å²) in [6.07, 6.45) is 3.80. The van der Waals surface area contributed by atoms with Crippen LogP contribution in [0.2, 0.25) is 0 Å². The maximum Gasteiger partial charge on any atom is 0.251 e. The summed E-state index contributed by atoms with van der Waals surface area (Å²) in [6, 6.07) is 7.43. The van der Waals surface area contributed by atoms with Crippen LogP contribution in [0.25, 0.3) is 0 Å². The lowest BCUT2D eigenvalue weighted by molar-refractivity contribution is -0.122. The van der Waals surface area contributed by atoms with Crippen LogP contribution < -0.4 is 10.6 Å². The molecule has 0 spiro atoms. The number of carbonyl (C=O) groups is 2. The van der Waals surface area contributed by atoms with Crippen molar-refractivity contribution < 1.29 is 9.59 Å². The largest absolute Gasteiger partial charge is 0.353 e. The second-order valence-electron chi connectivity index (χ2n) is 6.45. The van der Waals surface area contributed by atoms with E-state index in [1.165, 1.54) is 12.8 Å². The molecule has 1 aliphatic carbocycles. The smallest absolute Gasteiger partial charge is 0.251 e. The number of hydrogen-bond donors (Lipinski definition) is 2. The lowest BCUT2D eigenvalue weighted by Gasteiger charge is -2.34. The first-order valence-electron chi connectivity index (χ1n) is 8.30. The van der Waals surface area contributed by atoms with Gasteiger partial charge >= 0.3 is 0 Å². The van der Waals surface area contributed by atoms with Gasteiger partial charge in [0.05, 0.1) is 0 Å². The predicted molar refractivity (Wildman–Crippen MR) is 95.2 cm³/mol. The number of benzene rings is 1. The summed E-state index contributed by atoms with van der Waals surface area (Å²) in [7, 11) is 0. The normalized spacial score (nSPS) is 24.0. The molecule has 0 saturated heterocycles. The zero-order valence-electron chi connectivity index (χ0n) is 13.8. The molecule has 23 heavy (non-hydrogen) atoms. The van der Waals surface area contributed by atoms with Gasteiger partial charge in [0.1, 0.15) is 0 Å². The van der Waals surface area contributed by atoms with E-state index in [0.29, 0.717) is 30.4 Å². The van der Waals surface area contributed by atoms with Gasteiger partial charge in [-0.2, -0.15) is 0 Å². The summed E-state index contributed by atoms with van der Waals surface area (Å²) in [4.78, 5) is 24.0. The number of hydrogen-bond acceptors (Lipinski definition) is 2. The van der Waals surface area contributed by atoms with E-state index in [1.54, 1.807) is 12.1 Å². The Hall–Kier alpha value is -1.36. The van der Waals surface area contributed by atoms with Crippen LogP contribution in [0.15, 0.2) is 28.7 Å². The SMILES string of the molecule is C[C@H]1[C@H](C)CCC[C@@H]1NC(=O)CCNC(=O)c1ccc(Br)cc1. The average molecular weight is 381 g/mol. The Labute approximate surface area is 146 Å². The summed E-state index contributed by atoms with van der Waals surface area (Å²) < 4.78 is 0.934. The van der Waals surface area contributed by atoms with Crippen LogP contribution >= 0.6 is 15.9 Å². The second kappa shape index (κ2) is 8.48. The van der Waals surface area contributed by atoms with Gasteiger partial charge in [0.2, 0.25) is 5.91 Å². The zero-order valence-corrected chi connectivity index (χ0v) is 15.4. The van der Waals surface area contributed by atoms with Gasteiger partial charge in [-0.25, -0.2) is 0 Å². The van der Waals surface area contributed by atoms with Crippen molar-refractivity contribution in [3.63, 3.8) is 0 Å². The van der Waals surface area contributed by atoms with Crippen molar-refractivity contribution in [2.75, 3.05) is 6.54 Å². The molecule has 1 aromatic carbocycles. The van der Waals surface area contributed by atoms with E-state index in [-0.39, 0.29) is 17.9 Å². The van der Waals surface area contributed by atoms with Gasteiger partial charge in [-0.05, 0) is 42.5 Å². The quantitative estimate of drug-likeness (QED) is 0.820. The molecule has 0 bridgehead atoms. The van der Waals surface area contributed by atoms with Crippen LogP contribution in [0.4, 0.5) is 0 Å². The first kappa shape index (κ1) is 18.0. The van der Waals surface area contributed by atoms with E-state index >= 15 is 0 Å². The van der Waals surface area contributed by atoms with Crippen LogP contribution in [-0.4, -0.2) is 24.4 Å². The monoisotopic (exact) mass is 380 g/mol. The van der Waals surface area contributed by atoms with Crippen molar-refractivity contribution in [2.24, 2.45) is 11.8 Å². The molecule has 1 saturated carbocycles. The van der Waals surface area contributed by atoms with Crippen molar-refractivity contribution in [3.05, 3.63) is 34.3 Å². The molecule has 1 aromatic rings. The Kier molecular flexibility index (Phi) is 6.63. The Morgan fingerprint density at radius 1 is 1.17 bits per heavy atom. The molecule has 2 N–H and O–H groups in total. The highest BCUT2D eigenvalue weighted by molar-refractivity contribution is 9.10. The molecule has 2 rings (SSSR count). The minimum atomic E-state index is -0.148. The molecule has 1 aliphatic rings. The fourth-order valence-electron chi connectivity index (χ4n) is 3.06. The Morgan fingerprint density at radius 2 is 1.87 bits per heavy atom. The van der Waals surface area contributed by atoms with Crippen molar-refractivity contribution >= 4 is 27.7 Å². The maximum absolute atomic E-state index is 12.1. The second-order valence-corrected chi connectivity index (χ2v) is 7.37. The molecule has 0 aromatic heterocycles. The topological polar surface area (TPSA) is 58.2 Å². The summed E-state index contributed by atoms with van der Waals surface area (Å²) in [6.45, 7) is 4.82. The first-order valence-corrected chi connectivity index (χ1v) is 9.10. The highest BCUT2D eigenvalue weighted by Crippen LogP contribution is 2.29. The molecular formula is C18H25BrN2O2. The van der Waals surface area contributed by atoms with Crippen LogP contribution in [0.1, 0.15) is 49.9 Å². The number of halogens is 1. The minimum Gasteiger partial charge on any atom is -0.353 e. The zero-order chi connectivity index (χ0) is 16.8. The average Bonchev–Trinajstić information content (AvgIpc) is 2.52. The fourth-order valence-corrected chi connectivity index (χ4v) is 3.32. The summed E-state index contributed by atoms with van der Waals surface area (Å²) in [5.41, 5.74) is 0.600. The minimum absolute atomic E-state index is 0.0204. The van der Waals surface area contributed by atoms with Crippen molar-refractivity contribution in [1.82, 2.24) is 10.6 Å². The van der Waals surface area contributed by atoms with Gasteiger partial charge in [0, 0.05) is 29.0 Å². The molecular weight excluding hydrogens is 356 g/mol. The number of carbonyl (C=O) groups excluding carboxylic acids is 2.